The molecule has 11 heteroatoms. The van der Waals surface area contributed by atoms with Gasteiger partial charge >= 0.3 is 0 Å². The van der Waals surface area contributed by atoms with E-state index in [1.165, 1.54) is 0 Å². The number of rotatable bonds is 22. The van der Waals surface area contributed by atoms with Crippen LogP contribution in [0.15, 0.2) is 43.0 Å². The second-order valence-corrected chi connectivity index (χ2v) is 14.6. The summed E-state index contributed by atoms with van der Waals surface area (Å²) in [4.78, 5) is 68.6. The molecule has 0 bridgehead atoms. The Morgan fingerprint density at radius 2 is 1.54 bits per heavy atom. The first-order chi connectivity index (χ1) is 24.0. The highest BCUT2D eigenvalue weighted by atomic mass is 16.2. The molecule has 0 radical (unpaired) electrons. The first kappa shape index (κ1) is 41.2. The summed E-state index contributed by atoms with van der Waals surface area (Å²) in [7, 11) is 0. The molecule has 1 aromatic rings. The van der Waals surface area contributed by atoms with Crippen LogP contribution in [0.2, 0.25) is 0 Å². The van der Waals surface area contributed by atoms with Crippen LogP contribution in [-0.2, 0) is 30.4 Å². The molecule has 2 fully saturated rings. The van der Waals surface area contributed by atoms with Gasteiger partial charge in [-0.05, 0) is 75.8 Å². The van der Waals surface area contributed by atoms with Crippen molar-refractivity contribution in [2.75, 3.05) is 13.1 Å². The Balaban J connectivity index is 1.81. The lowest BCUT2D eigenvalue weighted by Gasteiger charge is -2.40. The van der Waals surface area contributed by atoms with Crippen LogP contribution < -0.4 is 33.2 Å². The molecule has 0 spiro atoms. The van der Waals surface area contributed by atoms with Crippen molar-refractivity contribution >= 4 is 29.7 Å². The largest absolute Gasteiger partial charge is 0.345 e. The molecule has 2 aliphatic carbocycles. The van der Waals surface area contributed by atoms with E-state index in [0.29, 0.717) is 64.3 Å². The van der Waals surface area contributed by atoms with Gasteiger partial charge in [-0.2, -0.15) is 0 Å². The van der Waals surface area contributed by atoms with E-state index < -0.39 is 53.1 Å². The minimum absolute atomic E-state index is 0.284. The highest BCUT2D eigenvalue weighted by molar-refractivity contribution is 6.10. The van der Waals surface area contributed by atoms with E-state index >= 15 is 0 Å². The van der Waals surface area contributed by atoms with Crippen molar-refractivity contribution in [2.24, 2.45) is 35.0 Å². The van der Waals surface area contributed by atoms with Gasteiger partial charge in [0.1, 0.15) is 17.9 Å². The smallest absolute Gasteiger partial charge is 0.243 e. The van der Waals surface area contributed by atoms with Crippen molar-refractivity contribution in [3.05, 3.63) is 48.6 Å². The van der Waals surface area contributed by atoms with E-state index in [9.17, 15) is 24.0 Å². The maximum absolute atomic E-state index is 14.4. The predicted octanol–water partition coefficient (Wildman–Crippen LogP) is 3.02. The van der Waals surface area contributed by atoms with E-state index in [0.717, 1.165) is 56.9 Å². The fourth-order valence-corrected chi connectivity index (χ4v) is 7.84. The Hall–Kier alpha value is -3.25. The normalized spacial score (nSPS) is 19.9. The van der Waals surface area contributed by atoms with Crippen molar-refractivity contribution in [2.45, 2.75) is 133 Å². The molecule has 1 aromatic carbocycles. The van der Waals surface area contributed by atoms with Crippen LogP contribution in [0.1, 0.15) is 102 Å². The summed E-state index contributed by atoms with van der Waals surface area (Å²) in [5.41, 5.74) is 17.7. The van der Waals surface area contributed by atoms with Crippen LogP contribution >= 0.6 is 0 Å². The Morgan fingerprint density at radius 3 is 2.14 bits per heavy atom. The SMILES string of the molecule is C=CCN[C@@H](Cc1ccccc1)C(=O)N[C@@H](CCCCN)C(=O)N[C@@H](C)C(=O)C(C1CCCCC1)[C@](N)(C=O)C(=O)[C@H](N)CC1CCCCC1. The molecular weight excluding hydrogens is 632 g/mol. The third-order valence-electron chi connectivity index (χ3n) is 10.7. The molecule has 0 saturated heterocycles. The predicted molar refractivity (Wildman–Crippen MR) is 197 cm³/mol. The number of carbonyl (C=O) groups is 5. The molecule has 50 heavy (non-hydrogen) atoms. The minimum Gasteiger partial charge on any atom is -0.345 e. The van der Waals surface area contributed by atoms with Crippen LogP contribution in [0.3, 0.4) is 0 Å². The van der Waals surface area contributed by atoms with Crippen LogP contribution in [0, 0.1) is 17.8 Å². The van der Waals surface area contributed by atoms with Gasteiger partial charge in [-0.25, -0.2) is 0 Å². The molecule has 0 aliphatic heterocycles. The zero-order valence-electron chi connectivity index (χ0n) is 30.1. The molecule has 6 atom stereocenters. The van der Waals surface area contributed by atoms with Crippen LogP contribution in [0.25, 0.3) is 0 Å². The summed E-state index contributed by atoms with van der Waals surface area (Å²) in [6.45, 7) is 6.12. The summed E-state index contributed by atoms with van der Waals surface area (Å²) in [6.07, 6.45) is 13.7. The van der Waals surface area contributed by atoms with Crippen molar-refractivity contribution in [3.8, 4) is 0 Å². The molecule has 2 amide bonds. The van der Waals surface area contributed by atoms with Gasteiger partial charge in [-0.1, -0.05) is 87.8 Å². The Bertz CT molecular complexity index is 1250. The van der Waals surface area contributed by atoms with Crippen LogP contribution in [0.5, 0.6) is 0 Å². The number of carbonyl (C=O) groups excluding carboxylic acids is 5. The fraction of sp³-hybridized carbons (Fsp3) is 0.667. The monoisotopic (exact) mass is 694 g/mol. The second kappa shape index (κ2) is 21.2. The molecule has 2 saturated carbocycles. The topological polar surface area (TPSA) is 200 Å². The average Bonchev–Trinajstić information content (AvgIpc) is 3.13. The lowest BCUT2D eigenvalue weighted by Crippen LogP contribution is -2.66. The van der Waals surface area contributed by atoms with E-state index in [2.05, 4.69) is 22.5 Å². The standard InChI is InChI=1S/C39H62N6O5/c1-3-23-43-33(25-29-17-9-5-10-18-29)38(50)45-32(21-13-14-22-40)37(49)44-27(2)35(47)34(30-19-11-6-12-20-30)39(42,26-46)36(48)31(41)24-28-15-7-4-8-16-28/h3,5,9-10,17-18,26-28,30-34,43H,1,4,6-8,11-16,19-25,40-42H2,2H3,(H,44,49)(H,45,50)/t27-,31+,32-,33-,34?,39+/m0/s1. The lowest BCUT2D eigenvalue weighted by atomic mass is 9.65. The van der Waals surface area contributed by atoms with E-state index in [-0.39, 0.29) is 17.7 Å². The van der Waals surface area contributed by atoms with Gasteiger partial charge < -0.3 is 37.9 Å². The quantitative estimate of drug-likeness (QED) is 0.0457. The van der Waals surface area contributed by atoms with Gasteiger partial charge in [-0.3, -0.25) is 19.2 Å². The summed E-state index contributed by atoms with van der Waals surface area (Å²) < 4.78 is 0. The molecular formula is C39H62N6O5. The third kappa shape index (κ3) is 11.9. The first-order valence-electron chi connectivity index (χ1n) is 18.8. The first-order valence-corrected chi connectivity index (χ1v) is 18.8. The Morgan fingerprint density at radius 1 is 0.920 bits per heavy atom. The summed E-state index contributed by atoms with van der Waals surface area (Å²) in [5.74, 6) is -3.12. The van der Waals surface area contributed by atoms with E-state index in [1.807, 2.05) is 30.3 Å². The van der Waals surface area contributed by atoms with Crippen molar-refractivity contribution in [1.29, 1.82) is 0 Å². The molecule has 2 aliphatic rings. The van der Waals surface area contributed by atoms with Gasteiger partial charge in [0.2, 0.25) is 11.8 Å². The molecule has 1 unspecified atom stereocenters. The van der Waals surface area contributed by atoms with Crippen molar-refractivity contribution in [3.63, 3.8) is 0 Å². The minimum atomic E-state index is -2.11. The highest BCUT2D eigenvalue weighted by Crippen LogP contribution is 2.37. The summed E-state index contributed by atoms with van der Waals surface area (Å²) >= 11 is 0. The number of benzene rings is 1. The number of nitrogens with one attached hydrogen (secondary N) is 3. The molecule has 278 valence electrons. The molecule has 0 heterocycles. The number of amides is 2. The number of Topliss-reactive ketones (excluding diaryl/α,β-unsaturated/α-hetero) is 2. The number of nitrogens with two attached hydrogens (primary N) is 3. The van der Waals surface area contributed by atoms with Crippen molar-refractivity contribution < 1.29 is 24.0 Å². The molecule has 0 aromatic heterocycles. The maximum atomic E-state index is 14.4. The molecule has 11 nitrogen and oxygen atoms in total. The van der Waals surface area contributed by atoms with Gasteiger partial charge in [0.05, 0.1) is 24.0 Å². The van der Waals surface area contributed by atoms with E-state index in [4.69, 9.17) is 17.2 Å². The van der Waals surface area contributed by atoms with E-state index in [1.54, 1.807) is 13.0 Å². The molecule has 9 N–H and O–H groups in total. The number of aldehydes is 1. The zero-order chi connectivity index (χ0) is 36.5. The number of unbranched alkanes of at least 4 members (excludes halogenated alkanes) is 1. The lowest BCUT2D eigenvalue weighted by molar-refractivity contribution is -0.143. The van der Waals surface area contributed by atoms with Gasteiger partial charge in [0.15, 0.2) is 11.6 Å². The van der Waals surface area contributed by atoms with Gasteiger partial charge in [0, 0.05) is 6.54 Å². The summed E-state index contributed by atoms with van der Waals surface area (Å²) in [6, 6.07) is 5.95. The fourth-order valence-electron chi connectivity index (χ4n) is 7.84. The van der Waals surface area contributed by atoms with Gasteiger partial charge in [0.25, 0.3) is 0 Å². The number of ketones is 2. The Kier molecular flexibility index (Phi) is 17.5. The second-order valence-electron chi connectivity index (χ2n) is 14.6. The van der Waals surface area contributed by atoms with Crippen LogP contribution in [0.4, 0.5) is 0 Å². The number of hydrogen-bond acceptors (Lipinski definition) is 9. The van der Waals surface area contributed by atoms with Crippen LogP contribution in [-0.4, -0.2) is 72.5 Å². The van der Waals surface area contributed by atoms with Crippen molar-refractivity contribution in [1.82, 2.24) is 16.0 Å². The average molecular weight is 695 g/mol. The van der Waals surface area contributed by atoms with Gasteiger partial charge in [-0.15, -0.1) is 6.58 Å². The highest BCUT2D eigenvalue weighted by Gasteiger charge is 2.52. The number of hydrogen-bond donors (Lipinski definition) is 6. The molecule has 3 rings (SSSR count). The zero-order valence-corrected chi connectivity index (χ0v) is 30.1. The summed E-state index contributed by atoms with van der Waals surface area (Å²) in [5, 5.41) is 8.89. The Labute approximate surface area is 298 Å². The third-order valence-corrected chi connectivity index (χ3v) is 10.7. The maximum Gasteiger partial charge on any atom is 0.243 e.